The number of anilines is 1. The highest BCUT2D eigenvalue weighted by Gasteiger charge is 2.14. The lowest BCUT2D eigenvalue weighted by atomic mass is 10.0. The fourth-order valence-electron chi connectivity index (χ4n) is 1.65. The molecule has 1 heterocycles. The fourth-order valence-corrected chi connectivity index (χ4v) is 1.65. The van der Waals surface area contributed by atoms with Crippen molar-refractivity contribution in [2.75, 3.05) is 5.73 Å². The number of nitrogens with two attached hydrogens (primary N) is 1. The van der Waals surface area contributed by atoms with Gasteiger partial charge < -0.3 is 10.3 Å². The van der Waals surface area contributed by atoms with Gasteiger partial charge in [-0.2, -0.15) is 0 Å². The topological polar surface area (TPSA) is 52.0 Å². The van der Waals surface area contributed by atoms with E-state index in [9.17, 15) is 0 Å². The Hall–Kier alpha value is -1.77. The van der Waals surface area contributed by atoms with Crippen LogP contribution in [-0.4, -0.2) is 5.16 Å². The molecule has 78 valence electrons. The molecule has 1 aromatic carbocycles. The first-order chi connectivity index (χ1) is 7.33. The molecule has 0 amide bonds. The van der Waals surface area contributed by atoms with Gasteiger partial charge in [0, 0.05) is 6.42 Å². The van der Waals surface area contributed by atoms with Crippen molar-refractivity contribution >= 4 is 5.82 Å². The Morgan fingerprint density at radius 1 is 1.27 bits per heavy atom. The van der Waals surface area contributed by atoms with Crippen LogP contribution >= 0.6 is 0 Å². The van der Waals surface area contributed by atoms with Gasteiger partial charge in [0.25, 0.3) is 0 Å². The molecule has 0 bridgehead atoms. The Morgan fingerprint density at radius 3 is 2.67 bits per heavy atom. The molecule has 0 saturated heterocycles. The highest BCUT2D eigenvalue weighted by Crippen LogP contribution is 2.29. The van der Waals surface area contributed by atoms with Crippen molar-refractivity contribution in [1.82, 2.24) is 5.16 Å². The van der Waals surface area contributed by atoms with Crippen LogP contribution in [0.15, 0.2) is 34.9 Å². The number of nitrogens with zero attached hydrogens (tertiary/aromatic N) is 1. The smallest absolute Gasteiger partial charge is 0.175 e. The average Bonchev–Trinajstić information content (AvgIpc) is 2.62. The molecule has 3 heteroatoms. The predicted molar refractivity (Wildman–Crippen MR) is 60.3 cm³/mol. The Kier molecular flexibility index (Phi) is 2.72. The van der Waals surface area contributed by atoms with E-state index in [1.165, 1.54) is 0 Å². The minimum Gasteiger partial charge on any atom is -0.380 e. The zero-order valence-corrected chi connectivity index (χ0v) is 8.73. The molecule has 3 nitrogen and oxygen atoms in total. The Bertz CT molecular complexity index is 434. The zero-order chi connectivity index (χ0) is 10.7. The van der Waals surface area contributed by atoms with E-state index in [4.69, 9.17) is 10.3 Å². The van der Waals surface area contributed by atoms with E-state index >= 15 is 0 Å². The second kappa shape index (κ2) is 4.17. The Labute approximate surface area is 88.9 Å². The van der Waals surface area contributed by atoms with Crippen molar-refractivity contribution in [3.05, 3.63) is 36.1 Å². The van der Waals surface area contributed by atoms with Gasteiger partial charge in [-0.15, -0.1) is 0 Å². The molecular weight excluding hydrogens is 188 g/mol. The molecule has 1 aromatic heterocycles. The lowest BCUT2D eigenvalue weighted by Crippen LogP contribution is -1.90. The van der Waals surface area contributed by atoms with E-state index < -0.39 is 0 Å². The molecule has 0 spiro atoms. The summed E-state index contributed by atoms with van der Waals surface area (Å²) in [6.07, 6.45) is 1.89. The summed E-state index contributed by atoms with van der Waals surface area (Å²) in [4.78, 5) is 0. The fraction of sp³-hybridized carbons (Fsp3) is 0.250. The molecule has 0 unspecified atom stereocenters. The lowest BCUT2D eigenvalue weighted by Gasteiger charge is -2.00. The number of rotatable bonds is 3. The van der Waals surface area contributed by atoms with Gasteiger partial charge in [-0.3, -0.25) is 0 Å². The molecule has 2 aromatic rings. The number of aryl methyl sites for hydroxylation is 1. The molecule has 0 fully saturated rings. The molecule has 0 aliphatic heterocycles. The maximum absolute atomic E-state index is 5.80. The van der Waals surface area contributed by atoms with E-state index in [0.29, 0.717) is 5.82 Å². The van der Waals surface area contributed by atoms with E-state index in [1.807, 2.05) is 30.3 Å². The highest BCUT2D eigenvalue weighted by atomic mass is 16.5. The van der Waals surface area contributed by atoms with Crippen molar-refractivity contribution in [2.45, 2.75) is 19.8 Å². The molecule has 0 atom stereocenters. The molecular formula is C12H14N2O. The summed E-state index contributed by atoms with van der Waals surface area (Å²) < 4.78 is 5.22. The standard InChI is InChI=1S/C12H14N2O/c1-2-6-10-11(12(13)14-15-10)9-7-4-3-5-8-9/h3-5,7-8H,2,6H2,1H3,(H2,13,14). The number of aromatic nitrogens is 1. The summed E-state index contributed by atoms with van der Waals surface area (Å²) in [5.74, 6) is 1.35. The van der Waals surface area contributed by atoms with Gasteiger partial charge in [-0.05, 0) is 12.0 Å². The summed E-state index contributed by atoms with van der Waals surface area (Å²) in [5, 5.41) is 3.81. The lowest BCUT2D eigenvalue weighted by molar-refractivity contribution is 0.385. The van der Waals surface area contributed by atoms with Crippen molar-refractivity contribution in [2.24, 2.45) is 0 Å². The molecule has 0 saturated carbocycles. The summed E-state index contributed by atoms with van der Waals surface area (Å²) in [6.45, 7) is 2.10. The number of hydrogen-bond donors (Lipinski definition) is 1. The van der Waals surface area contributed by atoms with Gasteiger partial charge in [0.1, 0.15) is 5.76 Å². The zero-order valence-electron chi connectivity index (χ0n) is 8.73. The third-order valence-electron chi connectivity index (χ3n) is 2.33. The number of benzene rings is 1. The molecule has 0 aliphatic rings. The van der Waals surface area contributed by atoms with E-state index in [-0.39, 0.29) is 0 Å². The predicted octanol–water partition coefficient (Wildman–Crippen LogP) is 2.88. The second-order valence-electron chi connectivity index (χ2n) is 3.48. The third kappa shape index (κ3) is 1.86. The molecule has 0 radical (unpaired) electrons. The van der Waals surface area contributed by atoms with Crippen LogP contribution in [0.4, 0.5) is 5.82 Å². The van der Waals surface area contributed by atoms with Crippen LogP contribution in [0.3, 0.4) is 0 Å². The minimum atomic E-state index is 0.477. The van der Waals surface area contributed by atoms with Crippen LogP contribution in [0.1, 0.15) is 19.1 Å². The first-order valence-corrected chi connectivity index (χ1v) is 5.12. The van der Waals surface area contributed by atoms with Crippen molar-refractivity contribution in [3.8, 4) is 11.1 Å². The summed E-state index contributed by atoms with van der Waals surface area (Å²) in [6, 6.07) is 9.98. The van der Waals surface area contributed by atoms with Crippen LogP contribution in [0.25, 0.3) is 11.1 Å². The normalized spacial score (nSPS) is 10.5. The number of nitrogen functional groups attached to an aromatic ring is 1. The molecule has 0 aliphatic carbocycles. The third-order valence-corrected chi connectivity index (χ3v) is 2.33. The molecule has 2 N–H and O–H groups in total. The van der Waals surface area contributed by atoms with Gasteiger partial charge in [-0.1, -0.05) is 42.4 Å². The van der Waals surface area contributed by atoms with Gasteiger partial charge >= 0.3 is 0 Å². The number of hydrogen-bond acceptors (Lipinski definition) is 3. The van der Waals surface area contributed by atoms with Crippen LogP contribution in [0.2, 0.25) is 0 Å². The quantitative estimate of drug-likeness (QED) is 0.832. The maximum atomic E-state index is 5.80. The van der Waals surface area contributed by atoms with Crippen molar-refractivity contribution in [1.29, 1.82) is 0 Å². The van der Waals surface area contributed by atoms with E-state index in [2.05, 4.69) is 12.1 Å². The average molecular weight is 202 g/mol. The molecule has 2 rings (SSSR count). The first kappa shape index (κ1) is 9.77. The Balaban J connectivity index is 2.47. The van der Waals surface area contributed by atoms with Gasteiger partial charge in [0.15, 0.2) is 5.82 Å². The Morgan fingerprint density at radius 2 is 2.00 bits per heavy atom. The first-order valence-electron chi connectivity index (χ1n) is 5.12. The summed E-state index contributed by atoms with van der Waals surface area (Å²) >= 11 is 0. The van der Waals surface area contributed by atoms with Gasteiger partial charge in [-0.25, -0.2) is 0 Å². The highest BCUT2D eigenvalue weighted by molar-refractivity contribution is 5.75. The van der Waals surface area contributed by atoms with Crippen LogP contribution < -0.4 is 5.73 Å². The van der Waals surface area contributed by atoms with Crippen LogP contribution in [0, 0.1) is 0 Å². The van der Waals surface area contributed by atoms with Gasteiger partial charge in [0.05, 0.1) is 5.56 Å². The van der Waals surface area contributed by atoms with Crippen LogP contribution in [0.5, 0.6) is 0 Å². The maximum Gasteiger partial charge on any atom is 0.175 e. The molecule has 15 heavy (non-hydrogen) atoms. The minimum absolute atomic E-state index is 0.477. The largest absolute Gasteiger partial charge is 0.380 e. The van der Waals surface area contributed by atoms with E-state index in [1.54, 1.807) is 0 Å². The van der Waals surface area contributed by atoms with Gasteiger partial charge in [0.2, 0.25) is 0 Å². The SMILES string of the molecule is CCCc1onc(N)c1-c1ccccc1. The summed E-state index contributed by atoms with van der Waals surface area (Å²) in [7, 11) is 0. The van der Waals surface area contributed by atoms with E-state index in [0.717, 1.165) is 29.7 Å². The van der Waals surface area contributed by atoms with Crippen molar-refractivity contribution in [3.63, 3.8) is 0 Å². The summed E-state index contributed by atoms with van der Waals surface area (Å²) in [5.41, 5.74) is 7.81. The monoisotopic (exact) mass is 202 g/mol. The second-order valence-corrected chi connectivity index (χ2v) is 3.48. The van der Waals surface area contributed by atoms with Crippen LogP contribution in [-0.2, 0) is 6.42 Å². The van der Waals surface area contributed by atoms with Crippen molar-refractivity contribution < 1.29 is 4.52 Å².